The SMILES string of the molecule is CO[C@H]1C[C@@H]2CC[C@@H](C)[C@@](O)(O2)C(=O)C(=O)N2CCCC[C@H]2C(=O)O[C@H](C[C@H](O)[C@H](N)C[C@@H]2CC[C@@H](OC)[C@H](OC)C2)[C@H](C)/C=C(\C)[C@@H](O)[C@@H](OC)C(=O)[C@H](C)C[C@H](C)/C=C/C=C/C=C1C. The molecule has 1 aliphatic carbocycles. The van der Waals surface area contributed by atoms with Gasteiger partial charge in [-0.3, -0.25) is 14.4 Å². The van der Waals surface area contributed by atoms with Crippen LogP contribution in [0.15, 0.2) is 47.6 Å². The molecule has 5 N–H and O–H groups in total. The van der Waals surface area contributed by atoms with Crippen LogP contribution in [0.3, 0.4) is 0 Å². The number of carbonyl (C=O) groups excluding carboxylic acids is 4. The number of aliphatic hydroxyl groups is 3. The zero-order valence-electron chi connectivity index (χ0n) is 41.3. The normalized spacial score (nSPS) is 39.3. The smallest absolute Gasteiger partial charge is 0.329 e. The number of allylic oxidation sites excluding steroid dienone is 5. The van der Waals surface area contributed by atoms with Gasteiger partial charge in [-0.25, -0.2) is 4.79 Å². The van der Waals surface area contributed by atoms with Gasteiger partial charge in [0.05, 0.1) is 30.5 Å². The number of cyclic esters (lactones) is 1. The predicted molar refractivity (Wildman–Crippen MR) is 250 cm³/mol. The van der Waals surface area contributed by atoms with E-state index in [1.54, 1.807) is 48.2 Å². The summed E-state index contributed by atoms with van der Waals surface area (Å²) >= 11 is 0. The molecule has 0 aromatic carbocycles. The molecule has 3 fully saturated rings. The van der Waals surface area contributed by atoms with E-state index in [-0.39, 0.29) is 49.2 Å². The van der Waals surface area contributed by atoms with Crippen LogP contribution in [0.25, 0.3) is 0 Å². The Kier molecular flexibility index (Phi) is 21.9. The number of nitrogens with zero attached hydrogens (tertiary/aromatic N) is 1. The molecule has 4 aliphatic rings. The number of nitrogens with two attached hydrogens (primary N) is 1. The second-order valence-electron chi connectivity index (χ2n) is 19.7. The van der Waals surface area contributed by atoms with Crippen LogP contribution in [0.5, 0.6) is 0 Å². The van der Waals surface area contributed by atoms with Crippen molar-refractivity contribution in [1.82, 2.24) is 4.90 Å². The van der Waals surface area contributed by atoms with Crippen LogP contribution in [-0.4, -0.2) is 145 Å². The quantitative estimate of drug-likeness (QED) is 0.131. The molecule has 66 heavy (non-hydrogen) atoms. The maximum atomic E-state index is 14.4. The van der Waals surface area contributed by atoms with Crippen molar-refractivity contribution in [1.29, 1.82) is 0 Å². The number of ketones is 2. The first-order valence-corrected chi connectivity index (χ1v) is 24.2. The lowest BCUT2D eigenvalue weighted by Crippen LogP contribution is -2.61. The predicted octanol–water partition coefficient (Wildman–Crippen LogP) is 5.32. The number of aliphatic hydroxyl groups excluding tert-OH is 2. The standard InChI is InChI=1S/C51H82N2O13/c1-30-16-12-11-13-17-31(2)42(62-8)28-37-21-19-35(6)51(60,66-37)48(57)49(58)53-23-15-14-18-39(53)50(59)65-43(32(3)25-34(5)46(56)47(64-10)45(55)33(4)24-30)29-40(54)38(52)26-36-20-22-41(61-7)44(27-36)63-9/h11-13,16-17,25,30,32-33,35-44,46-47,54,56,60H,14-15,18-24,26-29,52H2,1-10H3/b13-11+,16-12+,31-17?,34-25+/t30-,32-,33-,35-,36+,37+,38-,39+,40+,41-,42+,43-,44-,46-,47+,51-/m1/s1. The third kappa shape index (κ3) is 14.5. The molecular weight excluding hydrogens is 849 g/mol. The average Bonchev–Trinajstić information content (AvgIpc) is 3.30. The van der Waals surface area contributed by atoms with E-state index >= 15 is 0 Å². The highest BCUT2D eigenvalue weighted by Crippen LogP contribution is 2.37. The molecule has 0 aromatic heterocycles. The van der Waals surface area contributed by atoms with Crippen molar-refractivity contribution in [2.45, 2.75) is 185 Å². The molecule has 0 aromatic rings. The second-order valence-corrected chi connectivity index (χ2v) is 19.7. The van der Waals surface area contributed by atoms with Crippen molar-refractivity contribution in [3.63, 3.8) is 0 Å². The van der Waals surface area contributed by atoms with E-state index in [0.717, 1.165) is 18.4 Å². The van der Waals surface area contributed by atoms with Gasteiger partial charge in [0.2, 0.25) is 5.79 Å². The van der Waals surface area contributed by atoms with Crippen molar-refractivity contribution < 1.29 is 62.9 Å². The molecule has 0 spiro atoms. The van der Waals surface area contributed by atoms with Gasteiger partial charge in [0.15, 0.2) is 5.78 Å². The minimum Gasteiger partial charge on any atom is -0.460 e. The first-order valence-electron chi connectivity index (χ1n) is 24.2. The highest BCUT2D eigenvalue weighted by molar-refractivity contribution is 6.39. The zero-order chi connectivity index (χ0) is 48.9. The topological polar surface area (TPSA) is 214 Å². The number of carbonyl (C=O) groups is 4. The minimum absolute atomic E-state index is 0.0219. The van der Waals surface area contributed by atoms with E-state index in [4.69, 9.17) is 34.2 Å². The van der Waals surface area contributed by atoms with Crippen LogP contribution in [0.4, 0.5) is 0 Å². The fourth-order valence-electron chi connectivity index (χ4n) is 10.3. The van der Waals surface area contributed by atoms with E-state index in [1.165, 1.54) is 12.0 Å². The van der Waals surface area contributed by atoms with Crippen molar-refractivity contribution >= 4 is 23.4 Å². The highest BCUT2D eigenvalue weighted by atomic mass is 16.6. The highest BCUT2D eigenvalue weighted by Gasteiger charge is 2.53. The van der Waals surface area contributed by atoms with E-state index in [0.29, 0.717) is 56.9 Å². The molecule has 1 saturated carbocycles. The van der Waals surface area contributed by atoms with Crippen LogP contribution in [0.2, 0.25) is 0 Å². The first kappa shape index (κ1) is 55.5. The summed E-state index contributed by atoms with van der Waals surface area (Å²) in [7, 11) is 6.28. The van der Waals surface area contributed by atoms with Gasteiger partial charge in [0.1, 0.15) is 24.4 Å². The summed E-state index contributed by atoms with van der Waals surface area (Å²) in [6, 6.07) is -1.85. The van der Waals surface area contributed by atoms with Gasteiger partial charge < -0.3 is 54.4 Å². The molecule has 16 atom stereocenters. The number of hydrogen-bond acceptors (Lipinski definition) is 14. The summed E-state index contributed by atoms with van der Waals surface area (Å²) in [5.41, 5.74) is 7.98. The molecular formula is C51H82N2O13. The van der Waals surface area contributed by atoms with Crippen LogP contribution in [0, 0.1) is 29.6 Å². The lowest BCUT2D eigenvalue weighted by atomic mass is 9.80. The third-order valence-corrected chi connectivity index (χ3v) is 14.7. The number of Topliss-reactive ketones (excluding diaryl/α,β-unsaturated/α-hetero) is 2. The van der Waals surface area contributed by atoms with Crippen LogP contribution < -0.4 is 5.73 Å². The van der Waals surface area contributed by atoms with Gasteiger partial charge in [-0.15, -0.1) is 0 Å². The van der Waals surface area contributed by atoms with Crippen molar-refractivity contribution in [2.24, 2.45) is 35.3 Å². The van der Waals surface area contributed by atoms with Gasteiger partial charge in [0.25, 0.3) is 11.7 Å². The maximum Gasteiger partial charge on any atom is 0.329 e. The van der Waals surface area contributed by atoms with Gasteiger partial charge in [-0.05, 0) is 101 Å². The summed E-state index contributed by atoms with van der Waals surface area (Å²) < 4.78 is 35.2. The molecule has 2 saturated heterocycles. The Morgan fingerprint density at radius 2 is 1.55 bits per heavy atom. The number of rotatable bonds is 9. The molecule has 15 nitrogen and oxygen atoms in total. The Bertz CT molecular complexity index is 1730. The number of ether oxygens (including phenoxy) is 6. The van der Waals surface area contributed by atoms with Gasteiger partial charge in [0, 0.05) is 71.6 Å². The molecule has 2 bridgehead atoms. The number of fused-ring (bicyclic) bond motifs is 3. The Morgan fingerprint density at radius 3 is 2.21 bits per heavy atom. The van der Waals surface area contributed by atoms with Crippen LogP contribution in [0.1, 0.15) is 119 Å². The summed E-state index contributed by atoms with van der Waals surface area (Å²) in [5, 5.41) is 35.3. The number of esters is 1. The van der Waals surface area contributed by atoms with E-state index < -0.39 is 89.9 Å². The van der Waals surface area contributed by atoms with Gasteiger partial charge >= 0.3 is 5.97 Å². The van der Waals surface area contributed by atoms with Gasteiger partial charge in [-0.2, -0.15) is 0 Å². The Hall–Kier alpha value is -3.12. The molecule has 3 aliphatic heterocycles. The van der Waals surface area contributed by atoms with Gasteiger partial charge in [-0.1, -0.05) is 64.2 Å². The second kappa shape index (κ2) is 26.0. The molecule has 0 unspecified atom stereocenters. The van der Waals surface area contributed by atoms with Crippen molar-refractivity contribution in [2.75, 3.05) is 35.0 Å². The molecule has 374 valence electrons. The molecule has 1 amide bonds. The third-order valence-electron chi connectivity index (χ3n) is 14.7. The fraction of sp³-hybridized carbons (Fsp3) is 0.765. The van der Waals surface area contributed by atoms with E-state index in [2.05, 4.69) is 0 Å². The summed E-state index contributed by atoms with van der Waals surface area (Å²) in [6.45, 7) is 10.9. The summed E-state index contributed by atoms with van der Waals surface area (Å²) in [6.07, 6.45) is 11.3. The van der Waals surface area contributed by atoms with Crippen LogP contribution >= 0.6 is 0 Å². The Balaban J connectivity index is 1.70. The monoisotopic (exact) mass is 931 g/mol. The number of amides is 1. The Labute approximate surface area is 393 Å². The zero-order valence-corrected chi connectivity index (χ0v) is 41.3. The molecule has 3 heterocycles. The van der Waals surface area contributed by atoms with Crippen molar-refractivity contribution in [3.05, 3.63) is 47.6 Å². The van der Waals surface area contributed by atoms with Crippen molar-refractivity contribution in [3.8, 4) is 0 Å². The first-order chi connectivity index (χ1) is 31.3. The number of piperidine rings is 1. The fourth-order valence-corrected chi connectivity index (χ4v) is 10.3. The number of hydrogen-bond donors (Lipinski definition) is 4. The summed E-state index contributed by atoms with van der Waals surface area (Å²) in [5.74, 6) is -7.26. The minimum atomic E-state index is -2.43. The summed E-state index contributed by atoms with van der Waals surface area (Å²) in [4.78, 5) is 57.9. The maximum absolute atomic E-state index is 14.4. The molecule has 15 heteroatoms. The van der Waals surface area contributed by atoms with Crippen LogP contribution in [-0.2, 0) is 47.6 Å². The number of methoxy groups -OCH3 is 4. The lowest BCUT2D eigenvalue weighted by Gasteiger charge is -2.42. The molecule has 0 radical (unpaired) electrons. The lowest BCUT2D eigenvalue weighted by molar-refractivity contribution is -0.265. The molecule has 4 rings (SSSR count). The van der Waals surface area contributed by atoms with E-state index in [1.807, 2.05) is 51.2 Å². The largest absolute Gasteiger partial charge is 0.460 e. The average molecular weight is 931 g/mol. The Morgan fingerprint density at radius 1 is 0.833 bits per heavy atom. The van der Waals surface area contributed by atoms with E-state index in [9.17, 15) is 34.5 Å².